The number of benzene rings is 2. The van der Waals surface area contributed by atoms with Gasteiger partial charge in [0.2, 0.25) is 0 Å². The lowest BCUT2D eigenvalue weighted by Gasteiger charge is -2.18. The predicted octanol–water partition coefficient (Wildman–Crippen LogP) is 4.56. The minimum Gasteiger partial charge on any atom is -0.494 e. The van der Waals surface area contributed by atoms with Crippen molar-refractivity contribution in [3.05, 3.63) is 71.2 Å². The van der Waals surface area contributed by atoms with Crippen LogP contribution < -0.4 is 15.4 Å². The van der Waals surface area contributed by atoms with E-state index in [1.807, 2.05) is 39.0 Å². The minimum atomic E-state index is -0.371. The molecule has 1 unspecified atom stereocenters. The summed E-state index contributed by atoms with van der Waals surface area (Å²) in [5, 5.41) is 5.44. The van der Waals surface area contributed by atoms with E-state index in [0.29, 0.717) is 12.2 Å². The van der Waals surface area contributed by atoms with Crippen LogP contribution in [0.15, 0.2) is 48.7 Å². The molecule has 25 heavy (non-hydrogen) atoms. The number of hydrogen-bond acceptors (Lipinski definition) is 2. The number of halogens is 1. The molecule has 0 bridgehead atoms. The van der Waals surface area contributed by atoms with E-state index in [4.69, 9.17) is 4.74 Å². The summed E-state index contributed by atoms with van der Waals surface area (Å²) in [6.07, 6.45) is 2.93. The number of ether oxygens (including phenoxy) is 1. The van der Waals surface area contributed by atoms with E-state index in [2.05, 4.69) is 10.6 Å². The third-order valence-corrected chi connectivity index (χ3v) is 3.66. The maximum absolute atomic E-state index is 13.5. The number of urea groups is 1. The summed E-state index contributed by atoms with van der Waals surface area (Å²) in [7, 11) is 0. The van der Waals surface area contributed by atoms with Gasteiger partial charge in [0.25, 0.3) is 0 Å². The van der Waals surface area contributed by atoms with E-state index in [0.717, 1.165) is 16.9 Å². The Morgan fingerprint density at radius 2 is 2.04 bits per heavy atom. The molecule has 0 fully saturated rings. The summed E-state index contributed by atoms with van der Waals surface area (Å²) in [5.41, 5.74) is 2.41. The molecule has 0 aromatic heterocycles. The zero-order valence-corrected chi connectivity index (χ0v) is 14.7. The summed E-state index contributed by atoms with van der Waals surface area (Å²) in [5.74, 6) is 0.415. The fourth-order valence-corrected chi connectivity index (χ4v) is 2.43. The summed E-state index contributed by atoms with van der Waals surface area (Å²) in [4.78, 5) is 12.0. The van der Waals surface area contributed by atoms with Crippen molar-refractivity contribution in [2.45, 2.75) is 26.8 Å². The third-order valence-electron chi connectivity index (χ3n) is 3.66. The Labute approximate surface area is 147 Å². The minimum absolute atomic E-state index is 0.233. The van der Waals surface area contributed by atoms with Crippen LogP contribution in [-0.4, -0.2) is 12.6 Å². The van der Waals surface area contributed by atoms with Crippen molar-refractivity contribution in [1.82, 2.24) is 10.6 Å². The lowest BCUT2D eigenvalue weighted by molar-refractivity contribution is 0.241. The van der Waals surface area contributed by atoms with Crippen LogP contribution in [0.3, 0.4) is 0 Å². The normalized spacial score (nSPS) is 12.0. The number of aryl methyl sites for hydroxylation is 1. The molecule has 0 aliphatic carbocycles. The van der Waals surface area contributed by atoms with Gasteiger partial charge in [-0.25, -0.2) is 9.18 Å². The van der Waals surface area contributed by atoms with E-state index >= 15 is 0 Å². The maximum atomic E-state index is 13.5. The van der Waals surface area contributed by atoms with Crippen molar-refractivity contribution >= 4 is 12.1 Å². The van der Waals surface area contributed by atoms with Crippen LogP contribution in [0.1, 0.15) is 36.6 Å². The van der Waals surface area contributed by atoms with Gasteiger partial charge in [0.1, 0.15) is 11.6 Å². The van der Waals surface area contributed by atoms with Crippen LogP contribution in [0.5, 0.6) is 5.75 Å². The Kier molecular flexibility index (Phi) is 6.57. The van der Waals surface area contributed by atoms with Crippen molar-refractivity contribution in [3.63, 3.8) is 0 Å². The first-order chi connectivity index (χ1) is 12.0. The van der Waals surface area contributed by atoms with Crippen molar-refractivity contribution in [1.29, 1.82) is 0 Å². The molecule has 0 spiro atoms. The SMILES string of the molecule is CCOc1ccc(C)cc1C(C)NC(=O)N/C=C/c1ccccc1F. The zero-order chi connectivity index (χ0) is 18.2. The molecule has 2 aromatic carbocycles. The van der Waals surface area contributed by atoms with Crippen LogP contribution in [0.25, 0.3) is 6.08 Å². The van der Waals surface area contributed by atoms with Crippen LogP contribution in [0.2, 0.25) is 0 Å². The molecule has 2 rings (SSSR count). The number of rotatable bonds is 6. The molecule has 0 aliphatic rings. The number of nitrogens with one attached hydrogen (secondary N) is 2. The summed E-state index contributed by atoms with van der Waals surface area (Å²) in [6.45, 7) is 6.35. The predicted molar refractivity (Wildman–Crippen MR) is 97.9 cm³/mol. The lowest BCUT2D eigenvalue weighted by atomic mass is 10.0. The first-order valence-electron chi connectivity index (χ1n) is 8.22. The fraction of sp³-hybridized carbons (Fsp3) is 0.250. The quantitative estimate of drug-likeness (QED) is 0.808. The Balaban J connectivity index is 1.98. The van der Waals surface area contributed by atoms with Crippen LogP contribution in [-0.2, 0) is 0 Å². The summed E-state index contributed by atoms with van der Waals surface area (Å²) >= 11 is 0. The first kappa shape index (κ1) is 18.5. The van der Waals surface area contributed by atoms with Crippen molar-refractivity contribution in [2.24, 2.45) is 0 Å². The molecule has 1 atom stereocenters. The van der Waals surface area contributed by atoms with E-state index < -0.39 is 0 Å². The molecule has 4 nitrogen and oxygen atoms in total. The average Bonchev–Trinajstić information content (AvgIpc) is 2.58. The Morgan fingerprint density at radius 1 is 1.28 bits per heavy atom. The van der Waals surface area contributed by atoms with Gasteiger partial charge in [0.05, 0.1) is 12.6 Å². The highest BCUT2D eigenvalue weighted by atomic mass is 19.1. The van der Waals surface area contributed by atoms with E-state index in [9.17, 15) is 9.18 Å². The standard InChI is InChI=1S/C20H23FN2O2/c1-4-25-19-10-9-14(2)13-17(19)15(3)23-20(24)22-12-11-16-7-5-6-8-18(16)21/h5-13,15H,4H2,1-3H3,(H2,22,23,24)/b12-11+. The molecule has 0 radical (unpaired) electrons. The molecule has 2 amide bonds. The largest absolute Gasteiger partial charge is 0.494 e. The monoisotopic (exact) mass is 342 g/mol. The smallest absolute Gasteiger partial charge is 0.319 e. The highest BCUT2D eigenvalue weighted by Crippen LogP contribution is 2.26. The van der Waals surface area contributed by atoms with E-state index in [1.165, 1.54) is 18.3 Å². The van der Waals surface area contributed by atoms with Gasteiger partial charge in [-0.2, -0.15) is 0 Å². The fourth-order valence-electron chi connectivity index (χ4n) is 2.43. The molecular weight excluding hydrogens is 319 g/mol. The summed E-state index contributed by atoms with van der Waals surface area (Å²) < 4.78 is 19.1. The van der Waals surface area contributed by atoms with Crippen molar-refractivity contribution < 1.29 is 13.9 Å². The van der Waals surface area contributed by atoms with E-state index in [1.54, 1.807) is 18.2 Å². The second-order valence-electron chi connectivity index (χ2n) is 5.67. The lowest BCUT2D eigenvalue weighted by Crippen LogP contribution is -2.34. The molecule has 0 heterocycles. The molecule has 132 valence electrons. The number of carbonyl (C=O) groups excluding carboxylic acids is 1. The van der Waals surface area contributed by atoms with Gasteiger partial charge in [0.15, 0.2) is 0 Å². The third kappa shape index (κ3) is 5.35. The number of hydrogen-bond donors (Lipinski definition) is 2. The second kappa shape index (κ2) is 8.87. The van der Waals surface area contributed by atoms with Gasteiger partial charge in [-0.15, -0.1) is 0 Å². The van der Waals surface area contributed by atoms with Crippen LogP contribution in [0.4, 0.5) is 9.18 Å². The summed E-state index contributed by atoms with van der Waals surface area (Å²) in [6, 6.07) is 11.6. The van der Waals surface area contributed by atoms with Gasteiger partial charge < -0.3 is 15.4 Å². The second-order valence-corrected chi connectivity index (χ2v) is 5.67. The highest BCUT2D eigenvalue weighted by molar-refractivity contribution is 5.76. The molecule has 5 heteroatoms. The molecule has 2 aromatic rings. The molecular formula is C20H23FN2O2. The maximum Gasteiger partial charge on any atom is 0.319 e. The van der Waals surface area contributed by atoms with Gasteiger partial charge in [-0.05, 0) is 39.0 Å². The van der Waals surface area contributed by atoms with Crippen LogP contribution in [0, 0.1) is 12.7 Å². The Hall–Kier alpha value is -2.82. The Morgan fingerprint density at radius 3 is 2.76 bits per heavy atom. The number of carbonyl (C=O) groups is 1. The first-order valence-corrected chi connectivity index (χ1v) is 8.22. The number of amides is 2. The molecule has 0 aliphatic heterocycles. The zero-order valence-electron chi connectivity index (χ0n) is 14.7. The van der Waals surface area contributed by atoms with Crippen molar-refractivity contribution in [2.75, 3.05) is 6.61 Å². The van der Waals surface area contributed by atoms with Gasteiger partial charge in [-0.3, -0.25) is 0 Å². The molecule has 0 saturated heterocycles. The van der Waals surface area contributed by atoms with E-state index in [-0.39, 0.29) is 17.9 Å². The average molecular weight is 342 g/mol. The van der Waals surface area contributed by atoms with Gasteiger partial charge in [-0.1, -0.05) is 35.9 Å². The highest BCUT2D eigenvalue weighted by Gasteiger charge is 2.14. The van der Waals surface area contributed by atoms with Crippen LogP contribution >= 0.6 is 0 Å². The molecule has 2 N–H and O–H groups in total. The Bertz CT molecular complexity index is 759. The van der Waals surface area contributed by atoms with Gasteiger partial charge >= 0.3 is 6.03 Å². The topological polar surface area (TPSA) is 50.4 Å². The molecule has 0 saturated carbocycles. The van der Waals surface area contributed by atoms with Crippen molar-refractivity contribution in [3.8, 4) is 5.75 Å². The van der Waals surface area contributed by atoms with Gasteiger partial charge in [0, 0.05) is 17.3 Å².